The van der Waals surface area contributed by atoms with Crippen molar-refractivity contribution in [1.82, 2.24) is 0 Å². The maximum Gasteiger partial charge on any atom is 0.348 e. The molecule has 8 heteroatoms. The molecule has 0 aliphatic rings. The van der Waals surface area contributed by atoms with Crippen LogP contribution in [0, 0.1) is 19.7 Å². The lowest BCUT2D eigenvalue weighted by atomic mass is 10.1. The number of hydrogen-bond acceptors (Lipinski definition) is 4. The smallest absolute Gasteiger partial charge is 0.348 e. The first-order valence-corrected chi connectivity index (χ1v) is 8.19. The van der Waals surface area contributed by atoms with Gasteiger partial charge in [0.1, 0.15) is 10.7 Å². The normalized spacial score (nSPS) is 11.4. The predicted octanol–water partition coefficient (Wildman–Crippen LogP) is 3.00. The summed E-state index contributed by atoms with van der Waals surface area (Å²) in [5.74, 6) is -1.74. The van der Waals surface area contributed by atoms with Gasteiger partial charge in [0.2, 0.25) is 0 Å². The maximum absolute atomic E-state index is 13.3. The molecule has 0 saturated heterocycles. The zero-order valence-corrected chi connectivity index (χ0v) is 12.8. The second-order valence-electron chi connectivity index (χ2n) is 4.44. The number of halogens is 1. The number of nitrogens with one attached hydrogen (secondary N) is 1. The Kier molecular flexibility index (Phi) is 4.02. The van der Waals surface area contributed by atoms with Gasteiger partial charge in [0.15, 0.2) is 0 Å². The van der Waals surface area contributed by atoms with Gasteiger partial charge in [0.05, 0.1) is 10.6 Å². The molecular formula is C13H12FNO4S2. The summed E-state index contributed by atoms with van der Waals surface area (Å²) in [5, 5.41) is 10.5. The number of carbonyl (C=O) groups is 1. The van der Waals surface area contributed by atoms with E-state index in [1.54, 1.807) is 0 Å². The van der Waals surface area contributed by atoms with Crippen LogP contribution in [0.4, 0.5) is 10.1 Å². The van der Waals surface area contributed by atoms with Gasteiger partial charge in [0, 0.05) is 0 Å². The van der Waals surface area contributed by atoms with E-state index in [0.29, 0.717) is 0 Å². The molecule has 0 fully saturated rings. The molecule has 0 bridgehead atoms. The van der Waals surface area contributed by atoms with Crippen molar-refractivity contribution in [2.45, 2.75) is 18.7 Å². The molecule has 21 heavy (non-hydrogen) atoms. The molecule has 5 nitrogen and oxygen atoms in total. The van der Waals surface area contributed by atoms with Gasteiger partial charge in [-0.2, -0.15) is 0 Å². The van der Waals surface area contributed by atoms with Crippen molar-refractivity contribution in [3.05, 3.63) is 45.4 Å². The van der Waals surface area contributed by atoms with Crippen LogP contribution in [0.15, 0.2) is 28.5 Å². The van der Waals surface area contributed by atoms with E-state index in [0.717, 1.165) is 23.5 Å². The third kappa shape index (κ3) is 3.06. The van der Waals surface area contributed by atoms with Crippen molar-refractivity contribution < 1.29 is 22.7 Å². The Bertz CT molecular complexity index is 788. The van der Waals surface area contributed by atoms with Crippen LogP contribution in [-0.2, 0) is 10.0 Å². The van der Waals surface area contributed by atoms with Gasteiger partial charge in [-0.3, -0.25) is 4.72 Å². The minimum Gasteiger partial charge on any atom is -0.477 e. The molecule has 0 unspecified atom stereocenters. The topological polar surface area (TPSA) is 83.5 Å². The van der Waals surface area contributed by atoms with Gasteiger partial charge in [0.25, 0.3) is 10.0 Å². The molecule has 2 aromatic rings. The summed E-state index contributed by atoms with van der Waals surface area (Å²) in [7, 11) is -3.99. The number of anilines is 1. The summed E-state index contributed by atoms with van der Waals surface area (Å²) in [6, 6.07) is 3.61. The van der Waals surface area contributed by atoms with E-state index >= 15 is 0 Å². The van der Waals surface area contributed by atoms with E-state index in [9.17, 15) is 17.6 Å². The zero-order chi connectivity index (χ0) is 15.8. The molecule has 0 amide bonds. The average Bonchev–Trinajstić information content (AvgIpc) is 2.73. The molecule has 2 N–H and O–H groups in total. The molecular weight excluding hydrogens is 317 g/mol. The van der Waals surface area contributed by atoms with Crippen LogP contribution in [-0.4, -0.2) is 19.5 Å². The van der Waals surface area contributed by atoms with Crippen LogP contribution >= 0.6 is 11.3 Å². The molecule has 1 aromatic heterocycles. The summed E-state index contributed by atoms with van der Waals surface area (Å²) in [4.78, 5) is 10.9. The second-order valence-corrected chi connectivity index (χ2v) is 6.98. The Morgan fingerprint density at radius 2 is 1.86 bits per heavy atom. The van der Waals surface area contributed by atoms with Crippen molar-refractivity contribution in [3.8, 4) is 0 Å². The fourth-order valence-corrected chi connectivity index (χ4v) is 4.35. The first-order valence-electron chi connectivity index (χ1n) is 5.82. The van der Waals surface area contributed by atoms with E-state index in [-0.39, 0.29) is 26.6 Å². The van der Waals surface area contributed by atoms with E-state index in [2.05, 4.69) is 4.72 Å². The fourth-order valence-electron chi connectivity index (χ4n) is 2.07. The molecule has 0 aliphatic carbocycles. The van der Waals surface area contributed by atoms with E-state index < -0.39 is 21.8 Å². The van der Waals surface area contributed by atoms with Gasteiger partial charge < -0.3 is 5.11 Å². The Morgan fingerprint density at radius 3 is 2.38 bits per heavy atom. The van der Waals surface area contributed by atoms with Crippen LogP contribution in [0.3, 0.4) is 0 Å². The summed E-state index contributed by atoms with van der Waals surface area (Å²) in [6.45, 7) is 2.97. The largest absolute Gasteiger partial charge is 0.477 e. The lowest BCUT2D eigenvalue weighted by Gasteiger charge is -2.12. The van der Waals surface area contributed by atoms with E-state index in [1.807, 2.05) is 0 Å². The van der Waals surface area contributed by atoms with Gasteiger partial charge in [-0.15, -0.1) is 11.3 Å². The maximum atomic E-state index is 13.3. The lowest BCUT2D eigenvalue weighted by molar-refractivity contribution is 0.0703. The number of thiophene rings is 1. The SMILES string of the molecule is Cc1cc(F)cc(C)c1S(=O)(=O)Nc1ccsc1C(=O)O. The number of aromatic carboxylic acids is 1. The number of benzene rings is 1. The van der Waals surface area contributed by atoms with E-state index in [4.69, 9.17) is 5.11 Å². The van der Waals surface area contributed by atoms with Crippen LogP contribution in [0.1, 0.15) is 20.8 Å². The van der Waals surface area contributed by atoms with Crippen LogP contribution < -0.4 is 4.72 Å². The minimum absolute atomic E-state index is 0.00405. The quantitative estimate of drug-likeness (QED) is 0.903. The Labute approximate surface area is 125 Å². The number of sulfonamides is 1. The summed E-state index contributed by atoms with van der Waals surface area (Å²) in [6.07, 6.45) is 0. The van der Waals surface area contributed by atoms with Crippen molar-refractivity contribution in [2.24, 2.45) is 0 Å². The number of carboxylic acid groups (broad SMARTS) is 1. The number of carboxylic acids is 1. The predicted molar refractivity (Wildman–Crippen MR) is 78.0 cm³/mol. The molecule has 2 rings (SSSR count). The lowest BCUT2D eigenvalue weighted by Crippen LogP contribution is -2.17. The van der Waals surface area contributed by atoms with Crippen LogP contribution in [0.2, 0.25) is 0 Å². The highest BCUT2D eigenvalue weighted by Crippen LogP contribution is 2.28. The third-order valence-corrected chi connectivity index (χ3v) is 5.37. The molecule has 1 aromatic carbocycles. The van der Waals surface area contributed by atoms with Gasteiger partial charge >= 0.3 is 5.97 Å². The first kappa shape index (κ1) is 15.5. The average molecular weight is 329 g/mol. The zero-order valence-electron chi connectivity index (χ0n) is 11.2. The van der Waals surface area contributed by atoms with Crippen molar-refractivity contribution in [2.75, 3.05) is 4.72 Å². The first-order chi connectivity index (χ1) is 9.72. The Hall–Kier alpha value is -1.93. The number of rotatable bonds is 4. The monoisotopic (exact) mass is 329 g/mol. The molecule has 0 radical (unpaired) electrons. The third-order valence-electron chi connectivity index (χ3n) is 2.80. The van der Waals surface area contributed by atoms with Crippen molar-refractivity contribution >= 4 is 33.0 Å². The standard InChI is InChI=1S/C13H12FNO4S2/c1-7-5-9(14)6-8(2)12(7)21(18,19)15-10-3-4-20-11(10)13(16)17/h3-6,15H,1-2H3,(H,16,17). The van der Waals surface area contributed by atoms with Crippen molar-refractivity contribution in [1.29, 1.82) is 0 Å². The van der Waals surface area contributed by atoms with Gasteiger partial charge in [-0.1, -0.05) is 0 Å². The molecule has 0 saturated carbocycles. The second kappa shape index (κ2) is 5.45. The van der Waals surface area contributed by atoms with Crippen LogP contribution in [0.5, 0.6) is 0 Å². The molecule has 1 heterocycles. The molecule has 0 atom stereocenters. The number of hydrogen-bond donors (Lipinski definition) is 2. The Morgan fingerprint density at radius 1 is 1.29 bits per heavy atom. The molecule has 112 valence electrons. The van der Waals surface area contributed by atoms with Crippen molar-refractivity contribution in [3.63, 3.8) is 0 Å². The summed E-state index contributed by atoms with van der Waals surface area (Å²) < 4.78 is 40.3. The molecule has 0 aliphatic heterocycles. The van der Waals surface area contributed by atoms with E-state index in [1.165, 1.54) is 25.3 Å². The summed E-state index contributed by atoms with van der Waals surface area (Å²) >= 11 is 0.918. The fraction of sp³-hybridized carbons (Fsp3) is 0.154. The number of aryl methyl sites for hydroxylation is 2. The minimum atomic E-state index is -3.99. The summed E-state index contributed by atoms with van der Waals surface area (Å²) in [5.41, 5.74) is 0.509. The highest BCUT2D eigenvalue weighted by Gasteiger charge is 2.23. The Balaban J connectivity index is 2.49. The highest BCUT2D eigenvalue weighted by atomic mass is 32.2. The van der Waals surface area contributed by atoms with Crippen LogP contribution in [0.25, 0.3) is 0 Å². The highest BCUT2D eigenvalue weighted by molar-refractivity contribution is 7.92. The van der Waals surface area contributed by atoms with Gasteiger partial charge in [-0.25, -0.2) is 17.6 Å². The molecule has 0 spiro atoms. The van der Waals surface area contributed by atoms with Gasteiger partial charge in [-0.05, 0) is 48.6 Å².